The predicted octanol–water partition coefficient (Wildman–Crippen LogP) is 2.85. The fourth-order valence-electron chi connectivity index (χ4n) is 2.89. The number of aromatic nitrogens is 1. The Balaban J connectivity index is 2.43. The molecule has 7 nitrogen and oxygen atoms in total. The molecule has 0 amide bonds. The van der Waals surface area contributed by atoms with Gasteiger partial charge in [0.05, 0.1) is 4.92 Å². The van der Waals surface area contributed by atoms with Crippen molar-refractivity contribution in [1.29, 1.82) is 0 Å². The van der Waals surface area contributed by atoms with Gasteiger partial charge in [0.2, 0.25) is 5.82 Å². The number of nitro groups is 1. The molecule has 0 bridgehead atoms. The van der Waals surface area contributed by atoms with E-state index in [1.807, 2.05) is 11.8 Å². The van der Waals surface area contributed by atoms with E-state index in [0.717, 1.165) is 25.7 Å². The predicted molar refractivity (Wildman–Crippen MR) is 77.7 cm³/mol. The zero-order chi connectivity index (χ0) is 15.4. The zero-order valence-corrected chi connectivity index (χ0v) is 12.0. The van der Waals surface area contributed by atoms with Crippen LogP contribution in [0.5, 0.6) is 0 Å². The van der Waals surface area contributed by atoms with Crippen molar-refractivity contribution in [2.45, 2.75) is 45.1 Å². The summed E-state index contributed by atoms with van der Waals surface area (Å²) in [6.45, 7) is 2.48. The molecule has 1 aromatic rings. The Bertz CT molecular complexity index is 541. The van der Waals surface area contributed by atoms with E-state index in [2.05, 4.69) is 4.98 Å². The van der Waals surface area contributed by atoms with Gasteiger partial charge in [-0.1, -0.05) is 19.3 Å². The summed E-state index contributed by atoms with van der Waals surface area (Å²) in [4.78, 5) is 27.7. The molecule has 0 aliphatic heterocycles. The van der Waals surface area contributed by atoms with Crippen molar-refractivity contribution >= 4 is 17.5 Å². The Morgan fingerprint density at radius 1 is 1.43 bits per heavy atom. The van der Waals surface area contributed by atoms with E-state index in [1.54, 1.807) is 0 Å². The Labute approximate surface area is 122 Å². The molecule has 0 unspecified atom stereocenters. The van der Waals surface area contributed by atoms with Gasteiger partial charge in [0.1, 0.15) is 0 Å². The molecule has 1 fully saturated rings. The summed E-state index contributed by atoms with van der Waals surface area (Å²) in [6, 6.07) is 2.61. The van der Waals surface area contributed by atoms with Crippen molar-refractivity contribution in [2.75, 3.05) is 11.4 Å². The highest BCUT2D eigenvalue weighted by Gasteiger charge is 2.28. The lowest BCUT2D eigenvalue weighted by Gasteiger charge is -2.34. The van der Waals surface area contributed by atoms with Gasteiger partial charge in [-0.25, -0.2) is 9.78 Å². The lowest BCUT2D eigenvalue weighted by atomic mass is 9.94. The molecule has 1 N–H and O–H groups in total. The summed E-state index contributed by atoms with van der Waals surface area (Å²) in [5, 5.41) is 20.3. The first kappa shape index (κ1) is 15.2. The molecule has 7 heteroatoms. The molecular weight excluding hydrogens is 274 g/mol. The van der Waals surface area contributed by atoms with Gasteiger partial charge in [0.15, 0.2) is 5.69 Å². The number of carboxylic acid groups (broad SMARTS) is 1. The number of pyridine rings is 1. The Kier molecular flexibility index (Phi) is 4.72. The number of hydrogen-bond acceptors (Lipinski definition) is 5. The van der Waals surface area contributed by atoms with E-state index in [-0.39, 0.29) is 23.2 Å². The maximum atomic E-state index is 11.2. The highest BCUT2D eigenvalue weighted by Crippen LogP contribution is 2.32. The van der Waals surface area contributed by atoms with Crippen molar-refractivity contribution in [3.8, 4) is 0 Å². The highest BCUT2D eigenvalue weighted by molar-refractivity contribution is 5.86. The fourth-order valence-corrected chi connectivity index (χ4v) is 2.89. The van der Waals surface area contributed by atoms with Crippen LogP contribution in [0.4, 0.5) is 11.5 Å². The van der Waals surface area contributed by atoms with Crippen LogP contribution in [-0.4, -0.2) is 33.6 Å². The molecule has 0 aromatic carbocycles. The van der Waals surface area contributed by atoms with Gasteiger partial charge in [0.25, 0.3) is 0 Å². The second-order valence-electron chi connectivity index (χ2n) is 5.18. The quantitative estimate of drug-likeness (QED) is 0.662. The van der Waals surface area contributed by atoms with Gasteiger partial charge >= 0.3 is 11.7 Å². The average molecular weight is 293 g/mol. The summed E-state index contributed by atoms with van der Waals surface area (Å²) in [7, 11) is 0. The number of nitrogens with zero attached hydrogens (tertiary/aromatic N) is 3. The second-order valence-corrected chi connectivity index (χ2v) is 5.18. The summed E-state index contributed by atoms with van der Waals surface area (Å²) in [5.74, 6) is -1.000. The van der Waals surface area contributed by atoms with Gasteiger partial charge in [-0.2, -0.15) is 0 Å². The fraction of sp³-hybridized carbons (Fsp3) is 0.571. The van der Waals surface area contributed by atoms with E-state index in [0.29, 0.717) is 6.54 Å². The first-order valence-electron chi connectivity index (χ1n) is 7.20. The molecule has 1 heterocycles. The number of carboxylic acids is 1. The standard InChI is InChI=1S/C14H19N3O4/c1-2-16(10-6-4-3-5-7-10)13-12(17(20)21)9-8-11(15-13)14(18)19/h8-10H,2-7H2,1H3,(H,18,19). The van der Waals surface area contributed by atoms with Gasteiger partial charge < -0.3 is 10.0 Å². The maximum Gasteiger partial charge on any atom is 0.354 e. The molecule has 1 saturated carbocycles. The number of carbonyl (C=O) groups is 1. The number of rotatable bonds is 5. The van der Waals surface area contributed by atoms with Crippen LogP contribution in [0.15, 0.2) is 12.1 Å². The molecule has 1 aromatic heterocycles. The van der Waals surface area contributed by atoms with Crippen LogP contribution < -0.4 is 4.90 Å². The summed E-state index contributed by atoms with van der Waals surface area (Å²) < 4.78 is 0. The third-order valence-electron chi connectivity index (χ3n) is 3.90. The lowest BCUT2D eigenvalue weighted by molar-refractivity contribution is -0.384. The molecule has 0 spiro atoms. The number of hydrogen-bond donors (Lipinski definition) is 1. The van der Waals surface area contributed by atoms with Crippen LogP contribution in [0.1, 0.15) is 49.5 Å². The minimum atomic E-state index is -1.18. The topological polar surface area (TPSA) is 96.6 Å². The molecule has 1 aliphatic carbocycles. The molecule has 1 aliphatic rings. The van der Waals surface area contributed by atoms with E-state index in [1.165, 1.54) is 18.6 Å². The van der Waals surface area contributed by atoms with Crippen LogP contribution in [0, 0.1) is 10.1 Å². The minimum Gasteiger partial charge on any atom is -0.477 e. The van der Waals surface area contributed by atoms with Gasteiger partial charge in [-0.05, 0) is 25.8 Å². The third-order valence-corrected chi connectivity index (χ3v) is 3.90. The first-order chi connectivity index (χ1) is 10.0. The van der Waals surface area contributed by atoms with Gasteiger partial charge in [-0.15, -0.1) is 0 Å². The molecule has 0 atom stereocenters. The molecule has 0 saturated heterocycles. The monoisotopic (exact) mass is 293 g/mol. The first-order valence-corrected chi connectivity index (χ1v) is 7.20. The van der Waals surface area contributed by atoms with Crippen LogP contribution >= 0.6 is 0 Å². The Morgan fingerprint density at radius 3 is 2.62 bits per heavy atom. The van der Waals surface area contributed by atoms with Crippen LogP contribution in [0.3, 0.4) is 0 Å². The normalized spacial score (nSPS) is 15.7. The van der Waals surface area contributed by atoms with Crippen LogP contribution in [-0.2, 0) is 0 Å². The third kappa shape index (κ3) is 3.29. The van der Waals surface area contributed by atoms with Gasteiger partial charge in [-0.3, -0.25) is 10.1 Å². The SMILES string of the molecule is CCN(c1nc(C(=O)O)ccc1[N+](=O)[O-])C1CCCCC1. The van der Waals surface area contributed by atoms with E-state index in [9.17, 15) is 14.9 Å². The number of aromatic carboxylic acids is 1. The summed E-state index contributed by atoms with van der Waals surface area (Å²) >= 11 is 0. The van der Waals surface area contributed by atoms with E-state index in [4.69, 9.17) is 5.11 Å². The largest absolute Gasteiger partial charge is 0.477 e. The summed E-state index contributed by atoms with van der Waals surface area (Å²) in [5.41, 5.74) is -0.294. The molecular formula is C14H19N3O4. The van der Waals surface area contributed by atoms with Gasteiger partial charge in [0, 0.05) is 18.7 Å². The van der Waals surface area contributed by atoms with Crippen molar-refractivity contribution in [2.24, 2.45) is 0 Å². The number of anilines is 1. The molecule has 114 valence electrons. The lowest BCUT2D eigenvalue weighted by Crippen LogP contribution is -2.38. The molecule has 0 radical (unpaired) electrons. The van der Waals surface area contributed by atoms with Crippen molar-refractivity contribution in [3.63, 3.8) is 0 Å². The van der Waals surface area contributed by atoms with Crippen LogP contribution in [0.2, 0.25) is 0 Å². The molecule has 2 rings (SSSR count). The molecule has 21 heavy (non-hydrogen) atoms. The maximum absolute atomic E-state index is 11.2. The van der Waals surface area contributed by atoms with Crippen molar-refractivity contribution in [3.05, 3.63) is 27.9 Å². The highest BCUT2D eigenvalue weighted by atomic mass is 16.6. The van der Waals surface area contributed by atoms with Crippen molar-refractivity contribution < 1.29 is 14.8 Å². The van der Waals surface area contributed by atoms with E-state index >= 15 is 0 Å². The van der Waals surface area contributed by atoms with Crippen molar-refractivity contribution in [1.82, 2.24) is 4.98 Å². The van der Waals surface area contributed by atoms with Crippen LogP contribution in [0.25, 0.3) is 0 Å². The Hall–Kier alpha value is -2.18. The minimum absolute atomic E-state index is 0.132. The summed E-state index contributed by atoms with van der Waals surface area (Å²) in [6.07, 6.45) is 5.29. The zero-order valence-electron chi connectivity index (χ0n) is 12.0. The smallest absolute Gasteiger partial charge is 0.354 e. The second kappa shape index (κ2) is 6.51. The Morgan fingerprint density at radius 2 is 2.10 bits per heavy atom. The average Bonchev–Trinajstić information content (AvgIpc) is 2.48. The van der Waals surface area contributed by atoms with E-state index < -0.39 is 10.9 Å².